The minimum Gasteiger partial charge on any atom is -0.370 e. The van der Waals surface area contributed by atoms with Gasteiger partial charge in [0.1, 0.15) is 0 Å². The Labute approximate surface area is 150 Å². The molecule has 0 fully saturated rings. The fourth-order valence-corrected chi connectivity index (χ4v) is 1.70. The quantitative estimate of drug-likeness (QED) is 0.288. The van der Waals surface area contributed by atoms with Gasteiger partial charge in [-0.1, -0.05) is 19.9 Å². The van der Waals surface area contributed by atoms with E-state index >= 15 is 0 Å². The van der Waals surface area contributed by atoms with Gasteiger partial charge in [0.25, 0.3) is 0 Å². The first-order valence-corrected chi connectivity index (χ1v) is 7.32. The van der Waals surface area contributed by atoms with Crippen LogP contribution in [0.2, 0.25) is 0 Å². The summed E-state index contributed by atoms with van der Waals surface area (Å²) < 4.78 is 0. The number of guanidine groups is 1. The first kappa shape index (κ1) is 20.7. The molecule has 0 saturated heterocycles. The van der Waals surface area contributed by atoms with Crippen LogP contribution < -0.4 is 16.4 Å². The van der Waals surface area contributed by atoms with Crippen molar-refractivity contribution in [1.29, 1.82) is 0 Å². The molecule has 0 bridgehead atoms. The number of benzene rings is 1. The summed E-state index contributed by atoms with van der Waals surface area (Å²) in [6.45, 7) is 9.09. The molecular weight excluding hydrogens is 391 g/mol. The molecule has 0 heterocycles. The summed E-state index contributed by atoms with van der Waals surface area (Å²) in [7, 11) is 0. The van der Waals surface area contributed by atoms with Crippen LogP contribution in [-0.4, -0.2) is 25.0 Å². The first-order chi connectivity index (χ1) is 9.90. The third-order valence-electron chi connectivity index (χ3n) is 3.22. The van der Waals surface area contributed by atoms with Crippen molar-refractivity contribution in [3.63, 3.8) is 0 Å². The van der Waals surface area contributed by atoms with Crippen molar-refractivity contribution < 1.29 is 4.79 Å². The largest absolute Gasteiger partial charge is 0.370 e. The lowest BCUT2D eigenvalue weighted by Gasteiger charge is -2.08. The predicted molar refractivity (Wildman–Crippen MR) is 104 cm³/mol. The standard InChI is InChI=1S/C16H26N4O.HI/c1-11(2)15(21)18-8-5-9-19-16(17)20-14-7-6-12(3)13(4)10-14;/h6-7,10-11H,5,8-9H2,1-4H3,(H,18,21)(H3,17,19,20);1H. The van der Waals surface area contributed by atoms with Gasteiger partial charge in [0, 0.05) is 24.7 Å². The smallest absolute Gasteiger partial charge is 0.222 e. The molecule has 22 heavy (non-hydrogen) atoms. The van der Waals surface area contributed by atoms with Gasteiger partial charge in [-0.2, -0.15) is 0 Å². The highest BCUT2D eigenvalue weighted by molar-refractivity contribution is 14.0. The number of hydrogen-bond donors (Lipinski definition) is 3. The van der Waals surface area contributed by atoms with Gasteiger partial charge < -0.3 is 16.4 Å². The number of aliphatic imine (C=N–C) groups is 1. The third-order valence-corrected chi connectivity index (χ3v) is 3.22. The number of rotatable bonds is 6. The molecular formula is C16H27IN4O. The number of carbonyl (C=O) groups is 1. The van der Waals surface area contributed by atoms with E-state index in [9.17, 15) is 4.79 Å². The van der Waals surface area contributed by atoms with Crippen LogP contribution in [0.4, 0.5) is 5.69 Å². The number of nitrogens with one attached hydrogen (secondary N) is 2. The number of nitrogens with zero attached hydrogens (tertiary/aromatic N) is 1. The molecule has 0 saturated carbocycles. The summed E-state index contributed by atoms with van der Waals surface area (Å²) in [5.41, 5.74) is 9.23. The highest BCUT2D eigenvalue weighted by Crippen LogP contribution is 2.13. The molecule has 0 atom stereocenters. The Bertz CT molecular complexity index is 515. The normalized spacial score (nSPS) is 11.0. The molecule has 4 N–H and O–H groups in total. The predicted octanol–water partition coefficient (Wildman–Crippen LogP) is 2.81. The summed E-state index contributed by atoms with van der Waals surface area (Å²) in [4.78, 5) is 15.6. The van der Waals surface area contributed by atoms with E-state index in [1.54, 1.807) is 0 Å². The lowest BCUT2D eigenvalue weighted by molar-refractivity contribution is -0.123. The molecule has 0 aliphatic heterocycles. The minimum atomic E-state index is 0. The van der Waals surface area contributed by atoms with Gasteiger partial charge in [-0.25, -0.2) is 0 Å². The maximum atomic E-state index is 11.4. The molecule has 1 rings (SSSR count). The number of carbonyl (C=O) groups excluding carboxylic acids is 1. The second kappa shape index (κ2) is 10.4. The first-order valence-electron chi connectivity index (χ1n) is 7.32. The molecule has 0 aliphatic carbocycles. The molecule has 0 spiro atoms. The molecule has 0 aromatic heterocycles. The Morgan fingerprint density at radius 3 is 2.55 bits per heavy atom. The fraction of sp³-hybridized carbons (Fsp3) is 0.500. The minimum absolute atomic E-state index is 0. The Hall–Kier alpha value is -1.31. The van der Waals surface area contributed by atoms with Crippen molar-refractivity contribution in [2.75, 3.05) is 18.4 Å². The van der Waals surface area contributed by atoms with E-state index in [0.717, 1.165) is 12.1 Å². The van der Waals surface area contributed by atoms with E-state index in [4.69, 9.17) is 5.73 Å². The van der Waals surface area contributed by atoms with Crippen LogP contribution in [0, 0.1) is 19.8 Å². The van der Waals surface area contributed by atoms with E-state index in [1.165, 1.54) is 11.1 Å². The summed E-state index contributed by atoms with van der Waals surface area (Å²) in [5, 5.41) is 5.92. The van der Waals surface area contributed by atoms with Crippen LogP contribution in [0.3, 0.4) is 0 Å². The average molecular weight is 418 g/mol. The zero-order valence-corrected chi connectivity index (χ0v) is 16.1. The highest BCUT2D eigenvalue weighted by atomic mass is 127. The lowest BCUT2D eigenvalue weighted by atomic mass is 10.1. The Kier molecular flexibility index (Phi) is 9.80. The number of amides is 1. The van der Waals surface area contributed by atoms with Gasteiger partial charge in [0.15, 0.2) is 5.96 Å². The maximum absolute atomic E-state index is 11.4. The van der Waals surface area contributed by atoms with Crippen molar-refractivity contribution in [1.82, 2.24) is 5.32 Å². The van der Waals surface area contributed by atoms with E-state index in [-0.39, 0.29) is 35.8 Å². The maximum Gasteiger partial charge on any atom is 0.222 e. The average Bonchev–Trinajstić information content (AvgIpc) is 2.42. The Morgan fingerprint density at radius 1 is 1.27 bits per heavy atom. The molecule has 0 radical (unpaired) electrons. The zero-order valence-electron chi connectivity index (χ0n) is 13.8. The number of anilines is 1. The van der Waals surface area contributed by atoms with Crippen LogP contribution >= 0.6 is 24.0 Å². The van der Waals surface area contributed by atoms with Crippen molar-refractivity contribution in [3.8, 4) is 0 Å². The number of halogens is 1. The van der Waals surface area contributed by atoms with Gasteiger partial charge in [-0.05, 0) is 43.5 Å². The van der Waals surface area contributed by atoms with E-state index in [2.05, 4.69) is 29.5 Å². The van der Waals surface area contributed by atoms with Gasteiger partial charge in [0.05, 0.1) is 0 Å². The molecule has 5 nitrogen and oxygen atoms in total. The lowest BCUT2D eigenvalue weighted by Crippen LogP contribution is -2.29. The third kappa shape index (κ3) is 7.63. The van der Waals surface area contributed by atoms with Crippen LogP contribution in [0.15, 0.2) is 23.2 Å². The van der Waals surface area contributed by atoms with E-state index in [0.29, 0.717) is 19.0 Å². The van der Waals surface area contributed by atoms with Gasteiger partial charge in [-0.15, -0.1) is 24.0 Å². The Balaban J connectivity index is 0.00000441. The number of hydrogen-bond acceptors (Lipinski definition) is 2. The van der Waals surface area contributed by atoms with Crippen LogP contribution in [-0.2, 0) is 4.79 Å². The molecule has 0 aliphatic rings. The topological polar surface area (TPSA) is 79.5 Å². The molecule has 124 valence electrons. The fourth-order valence-electron chi connectivity index (χ4n) is 1.70. The highest BCUT2D eigenvalue weighted by Gasteiger charge is 2.04. The van der Waals surface area contributed by atoms with Crippen molar-refractivity contribution in [2.45, 2.75) is 34.1 Å². The SMILES string of the molecule is Cc1ccc(NC(N)=NCCCNC(=O)C(C)C)cc1C.I. The molecule has 1 aromatic carbocycles. The second-order valence-electron chi connectivity index (χ2n) is 5.49. The second-order valence-corrected chi connectivity index (χ2v) is 5.49. The summed E-state index contributed by atoms with van der Waals surface area (Å²) in [6.07, 6.45) is 0.772. The molecule has 0 unspecified atom stereocenters. The Morgan fingerprint density at radius 2 is 1.95 bits per heavy atom. The van der Waals surface area contributed by atoms with Crippen molar-refractivity contribution in [2.24, 2.45) is 16.6 Å². The van der Waals surface area contributed by atoms with Crippen LogP contribution in [0.1, 0.15) is 31.4 Å². The monoisotopic (exact) mass is 418 g/mol. The van der Waals surface area contributed by atoms with E-state index < -0.39 is 0 Å². The molecule has 1 amide bonds. The summed E-state index contributed by atoms with van der Waals surface area (Å²) in [6, 6.07) is 6.07. The number of nitrogens with two attached hydrogens (primary N) is 1. The summed E-state index contributed by atoms with van der Waals surface area (Å²) in [5.74, 6) is 0.485. The van der Waals surface area contributed by atoms with E-state index in [1.807, 2.05) is 32.0 Å². The van der Waals surface area contributed by atoms with Gasteiger partial charge >= 0.3 is 0 Å². The molecule has 6 heteroatoms. The van der Waals surface area contributed by atoms with Crippen LogP contribution in [0.5, 0.6) is 0 Å². The number of aryl methyl sites for hydroxylation is 2. The zero-order chi connectivity index (χ0) is 15.8. The summed E-state index contributed by atoms with van der Waals surface area (Å²) >= 11 is 0. The van der Waals surface area contributed by atoms with Gasteiger partial charge in [-0.3, -0.25) is 9.79 Å². The van der Waals surface area contributed by atoms with Crippen LogP contribution in [0.25, 0.3) is 0 Å². The van der Waals surface area contributed by atoms with Crippen molar-refractivity contribution in [3.05, 3.63) is 29.3 Å². The van der Waals surface area contributed by atoms with Crippen molar-refractivity contribution >= 4 is 41.5 Å². The van der Waals surface area contributed by atoms with Gasteiger partial charge in [0.2, 0.25) is 5.91 Å². The molecule has 1 aromatic rings.